The van der Waals surface area contributed by atoms with E-state index in [-0.39, 0.29) is 23.8 Å². The highest BCUT2D eigenvalue weighted by molar-refractivity contribution is 5.81. The van der Waals surface area contributed by atoms with Crippen molar-refractivity contribution in [3.05, 3.63) is 0 Å². The topological polar surface area (TPSA) is 60.9 Å². The van der Waals surface area contributed by atoms with Gasteiger partial charge in [0.15, 0.2) is 0 Å². The summed E-state index contributed by atoms with van der Waals surface area (Å²) in [6, 6.07) is 0.0750. The van der Waals surface area contributed by atoms with E-state index in [0.717, 1.165) is 38.6 Å². The van der Waals surface area contributed by atoms with Crippen LogP contribution in [0.4, 0.5) is 0 Å². The van der Waals surface area contributed by atoms with E-state index in [1.807, 2.05) is 25.8 Å². The van der Waals surface area contributed by atoms with E-state index in [0.29, 0.717) is 25.8 Å². The van der Waals surface area contributed by atoms with Crippen molar-refractivity contribution >= 4 is 11.8 Å². The van der Waals surface area contributed by atoms with Crippen molar-refractivity contribution in [2.45, 2.75) is 76.9 Å². The second-order valence-electron chi connectivity index (χ2n) is 7.74. The third kappa shape index (κ3) is 4.93. The van der Waals surface area contributed by atoms with E-state index >= 15 is 0 Å². The maximum atomic E-state index is 12.7. The maximum absolute atomic E-state index is 12.7. The molecule has 0 unspecified atom stereocenters. The molecule has 23 heavy (non-hydrogen) atoms. The van der Waals surface area contributed by atoms with Gasteiger partial charge in [0.05, 0.1) is 5.60 Å². The summed E-state index contributed by atoms with van der Waals surface area (Å²) in [6.07, 6.45) is 6.28. The Bertz CT molecular complexity index is 436. The van der Waals surface area contributed by atoms with Crippen molar-refractivity contribution in [2.75, 3.05) is 20.1 Å². The normalized spacial score (nSPS) is 35.1. The van der Waals surface area contributed by atoms with Gasteiger partial charge >= 0.3 is 0 Å². The van der Waals surface area contributed by atoms with E-state index in [1.165, 1.54) is 0 Å². The molecule has 5 nitrogen and oxygen atoms in total. The van der Waals surface area contributed by atoms with Crippen molar-refractivity contribution < 1.29 is 14.7 Å². The lowest BCUT2D eigenvalue weighted by Gasteiger charge is -2.30. The minimum atomic E-state index is -0.701. The molecule has 3 atom stereocenters. The van der Waals surface area contributed by atoms with Gasteiger partial charge in [0, 0.05) is 38.5 Å². The molecule has 132 valence electrons. The Hall–Kier alpha value is -1.10. The molecule has 2 saturated heterocycles. The third-order valence-corrected chi connectivity index (χ3v) is 5.48. The lowest BCUT2D eigenvalue weighted by molar-refractivity contribution is -0.138. The van der Waals surface area contributed by atoms with Crippen LogP contribution >= 0.6 is 0 Å². The smallest absolute Gasteiger partial charge is 0.225 e. The van der Waals surface area contributed by atoms with E-state index in [2.05, 4.69) is 0 Å². The zero-order valence-electron chi connectivity index (χ0n) is 14.9. The molecular formula is C18H32N2O3. The first-order valence-electron chi connectivity index (χ1n) is 9.07. The molecule has 5 heteroatoms. The number of amides is 2. The van der Waals surface area contributed by atoms with Gasteiger partial charge in [-0.2, -0.15) is 0 Å². The highest BCUT2D eigenvalue weighted by atomic mass is 16.3. The van der Waals surface area contributed by atoms with Gasteiger partial charge in [0.1, 0.15) is 0 Å². The van der Waals surface area contributed by atoms with Gasteiger partial charge in [0.2, 0.25) is 11.8 Å². The van der Waals surface area contributed by atoms with Crippen LogP contribution in [-0.4, -0.2) is 58.5 Å². The van der Waals surface area contributed by atoms with Gasteiger partial charge in [-0.15, -0.1) is 0 Å². The van der Waals surface area contributed by atoms with Gasteiger partial charge in [-0.25, -0.2) is 0 Å². The summed E-state index contributed by atoms with van der Waals surface area (Å²) < 4.78 is 0. The molecule has 2 fully saturated rings. The lowest BCUT2D eigenvalue weighted by Crippen LogP contribution is -2.42. The van der Waals surface area contributed by atoms with Crippen molar-refractivity contribution in [2.24, 2.45) is 5.92 Å². The molecule has 0 aliphatic carbocycles. The van der Waals surface area contributed by atoms with Gasteiger partial charge in [-0.1, -0.05) is 6.92 Å². The Morgan fingerprint density at radius 3 is 2.52 bits per heavy atom. The Morgan fingerprint density at radius 2 is 1.78 bits per heavy atom. The second-order valence-corrected chi connectivity index (χ2v) is 7.74. The first-order valence-corrected chi connectivity index (χ1v) is 9.07. The molecule has 0 bridgehead atoms. The van der Waals surface area contributed by atoms with Crippen LogP contribution < -0.4 is 0 Å². The molecule has 2 rings (SSSR count). The van der Waals surface area contributed by atoms with Crippen LogP contribution in [0.5, 0.6) is 0 Å². The summed E-state index contributed by atoms with van der Waals surface area (Å²) in [5.74, 6) is 0.265. The quantitative estimate of drug-likeness (QED) is 0.743. The molecule has 0 aromatic carbocycles. The first kappa shape index (κ1) is 18.2. The Kier molecular flexibility index (Phi) is 6.06. The molecule has 0 aromatic heterocycles. The van der Waals surface area contributed by atoms with Gasteiger partial charge < -0.3 is 14.9 Å². The highest BCUT2D eigenvalue weighted by Crippen LogP contribution is 2.27. The summed E-state index contributed by atoms with van der Waals surface area (Å²) in [4.78, 5) is 28.8. The molecule has 0 saturated carbocycles. The van der Waals surface area contributed by atoms with Crippen LogP contribution in [0.25, 0.3) is 0 Å². The van der Waals surface area contributed by atoms with E-state index in [1.54, 1.807) is 4.90 Å². The number of hydrogen-bond acceptors (Lipinski definition) is 3. The number of nitrogens with zero attached hydrogens (tertiary/aromatic N) is 2. The van der Waals surface area contributed by atoms with Crippen LogP contribution in [0.1, 0.15) is 65.2 Å². The maximum Gasteiger partial charge on any atom is 0.225 e. The number of carbonyl (C=O) groups excluding carboxylic acids is 2. The van der Waals surface area contributed by atoms with Crippen LogP contribution in [0.3, 0.4) is 0 Å². The summed E-state index contributed by atoms with van der Waals surface area (Å²) >= 11 is 0. The molecule has 0 radical (unpaired) electrons. The monoisotopic (exact) mass is 324 g/mol. The highest BCUT2D eigenvalue weighted by Gasteiger charge is 2.33. The first-order chi connectivity index (χ1) is 10.8. The van der Waals surface area contributed by atoms with Crippen LogP contribution in [-0.2, 0) is 9.59 Å². The predicted molar refractivity (Wildman–Crippen MR) is 89.9 cm³/mol. The molecule has 0 aromatic rings. The molecule has 1 N–H and O–H groups in total. The fourth-order valence-corrected chi connectivity index (χ4v) is 3.84. The SMILES string of the molecule is C[C@@H]1CCC[C@](C)(O)CCCN(C)C(=O)C[C@@H]2CCCN2C1=O. The Morgan fingerprint density at radius 1 is 1.09 bits per heavy atom. The molecule has 2 heterocycles. The lowest BCUT2D eigenvalue weighted by atomic mass is 9.90. The van der Waals surface area contributed by atoms with Crippen molar-refractivity contribution in [1.29, 1.82) is 0 Å². The fraction of sp³-hybridized carbons (Fsp3) is 0.889. The summed E-state index contributed by atoms with van der Waals surface area (Å²) in [5, 5.41) is 10.4. The Labute approximate surface area is 140 Å². The number of aliphatic hydroxyl groups is 1. The zero-order valence-corrected chi connectivity index (χ0v) is 14.9. The van der Waals surface area contributed by atoms with E-state index < -0.39 is 5.60 Å². The minimum absolute atomic E-state index is 0.0258. The predicted octanol–water partition coefficient (Wildman–Crippen LogP) is 2.18. The fourth-order valence-electron chi connectivity index (χ4n) is 3.84. The van der Waals surface area contributed by atoms with E-state index in [4.69, 9.17) is 0 Å². The van der Waals surface area contributed by atoms with Crippen LogP contribution in [0, 0.1) is 5.92 Å². The minimum Gasteiger partial charge on any atom is -0.390 e. The number of carbonyl (C=O) groups is 2. The van der Waals surface area contributed by atoms with Gasteiger partial charge in [-0.05, 0) is 51.9 Å². The molecule has 2 aliphatic rings. The van der Waals surface area contributed by atoms with Gasteiger partial charge in [-0.3, -0.25) is 9.59 Å². The standard InChI is InChI=1S/C18H32N2O3/c1-14-7-4-9-18(2,23)10-6-11-19(3)16(21)13-15-8-5-12-20(15)17(14)22/h14-15,23H,4-13H2,1-3H3/t14-,15+,18+/m1/s1. The van der Waals surface area contributed by atoms with Crippen LogP contribution in [0.2, 0.25) is 0 Å². The summed E-state index contributed by atoms with van der Waals surface area (Å²) in [6.45, 7) is 5.30. The van der Waals surface area contributed by atoms with Gasteiger partial charge in [0.25, 0.3) is 0 Å². The summed E-state index contributed by atoms with van der Waals surface area (Å²) in [7, 11) is 1.83. The molecule has 2 amide bonds. The number of hydrogen-bond donors (Lipinski definition) is 1. The third-order valence-electron chi connectivity index (χ3n) is 5.48. The zero-order chi connectivity index (χ0) is 17.0. The second kappa shape index (κ2) is 7.65. The average Bonchev–Trinajstić information content (AvgIpc) is 2.92. The van der Waals surface area contributed by atoms with Crippen molar-refractivity contribution in [3.63, 3.8) is 0 Å². The van der Waals surface area contributed by atoms with E-state index in [9.17, 15) is 14.7 Å². The molecule has 0 spiro atoms. The number of fused-ring (bicyclic) bond motifs is 1. The summed E-state index contributed by atoms with van der Waals surface area (Å²) in [5.41, 5.74) is -0.701. The average molecular weight is 324 g/mol. The molecular weight excluding hydrogens is 292 g/mol. The van der Waals surface area contributed by atoms with Crippen LogP contribution in [0.15, 0.2) is 0 Å². The molecule has 2 aliphatic heterocycles. The van der Waals surface area contributed by atoms with Crippen molar-refractivity contribution in [3.8, 4) is 0 Å². The largest absolute Gasteiger partial charge is 0.390 e. The van der Waals surface area contributed by atoms with Crippen molar-refractivity contribution in [1.82, 2.24) is 9.80 Å². The number of rotatable bonds is 0. The Balaban J connectivity index is 2.09.